The lowest BCUT2D eigenvalue weighted by molar-refractivity contribution is 1.22. The molecule has 3 rings (SSSR count). The van der Waals surface area contributed by atoms with Crippen LogP contribution < -0.4 is 11.0 Å². The van der Waals surface area contributed by atoms with Crippen molar-refractivity contribution < 1.29 is 0 Å². The van der Waals surface area contributed by atoms with E-state index in [0.29, 0.717) is 5.69 Å². The second kappa shape index (κ2) is 4.15. The number of H-pyrrole nitrogens is 1. The summed E-state index contributed by atoms with van der Waals surface area (Å²) in [5.74, 6) is 0. The van der Waals surface area contributed by atoms with E-state index in [4.69, 9.17) is 0 Å². The van der Waals surface area contributed by atoms with Crippen LogP contribution in [0.1, 0.15) is 0 Å². The first kappa shape index (κ1) is 10.8. The smallest absolute Gasteiger partial charge is 0.274 e. The maximum atomic E-state index is 12.0. The number of aromatic amines is 1. The monoisotopic (exact) mass is 234 g/mol. The van der Waals surface area contributed by atoms with Crippen molar-refractivity contribution in [3.63, 3.8) is 0 Å². The predicted octanol–water partition coefficient (Wildman–Crippen LogP) is 0.849. The van der Waals surface area contributed by atoms with Gasteiger partial charge in [0, 0.05) is 5.56 Å². The lowest BCUT2D eigenvalue weighted by Gasteiger charge is -2.03. The number of hydrogen-bond acceptors (Lipinski definition) is 2. The standard InChI is InChI=1S/C14H11BN2O/c15-10-5-3-4-9(8-10)13-14(18)17-12-7-2-1-6-11(12)16-13/h1-8H,15H2,(H,17,18). The fourth-order valence-corrected chi connectivity index (χ4v) is 2.02. The van der Waals surface area contributed by atoms with E-state index in [1.54, 1.807) is 0 Å². The minimum Gasteiger partial charge on any atom is -0.319 e. The molecule has 1 N–H and O–H groups in total. The molecular weight excluding hydrogens is 223 g/mol. The number of nitrogens with zero attached hydrogens (tertiary/aromatic N) is 1. The zero-order valence-electron chi connectivity index (χ0n) is 9.97. The second-order valence-corrected chi connectivity index (χ2v) is 4.30. The van der Waals surface area contributed by atoms with Gasteiger partial charge in [-0.1, -0.05) is 41.9 Å². The number of nitrogens with one attached hydrogen (secondary N) is 1. The van der Waals surface area contributed by atoms with Gasteiger partial charge in [-0.25, -0.2) is 4.98 Å². The van der Waals surface area contributed by atoms with Crippen LogP contribution in [0, 0.1) is 0 Å². The molecule has 3 aromatic rings. The van der Waals surface area contributed by atoms with Crippen LogP contribution in [0.5, 0.6) is 0 Å². The van der Waals surface area contributed by atoms with Gasteiger partial charge in [-0.05, 0) is 12.1 Å². The van der Waals surface area contributed by atoms with Crippen LogP contribution in [-0.4, -0.2) is 17.8 Å². The summed E-state index contributed by atoms with van der Waals surface area (Å²) in [6.07, 6.45) is 0. The van der Waals surface area contributed by atoms with E-state index >= 15 is 0 Å². The molecule has 0 saturated carbocycles. The van der Waals surface area contributed by atoms with Crippen LogP contribution in [0.4, 0.5) is 0 Å². The lowest BCUT2D eigenvalue weighted by atomic mass is 9.94. The van der Waals surface area contributed by atoms with Gasteiger partial charge in [-0.2, -0.15) is 0 Å². The molecule has 0 unspecified atom stereocenters. The first-order valence-electron chi connectivity index (χ1n) is 5.80. The second-order valence-electron chi connectivity index (χ2n) is 4.30. The number of para-hydroxylation sites is 2. The number of hydrogen-bond donors (Lipinski definition) is 1. The summed E-state index contributed by atoms with van der Waals surface area (Å²) in [6, 6.07) is 15.3. The summed E-state index contributed by atoms with van der Waals surface area (Å²) in [7, 11) is 2.00. The Morgan fingerprint density at radius 1 is 1.06 bits per heavy atom. The molecule has 0 saturated heterocycles. The highest BCUT2D eigenvalue weighted by Gasteiger charge is 2.06. The molecule has 0 fully saturated rings. The molecule has 0 aliphatic rings. The van der Waals surface area contributed by atoms with Gasteiger partial charge in [-0.15, -0.1) is 0 Å². The lowest BCUT2D eigenvalue weighted by Crippen LogP contribution is -2.12. The van der Waals surface area contributed by atoms with Crippen LogP contribution in [0.25, 0.3) is 22.3 Å². The molecule has 2 aromatic carbocycles. The van der Waals surface area contributed by atoms with E-state index in [-0.39, 0.29) is 5.56 Å². The summed E-state index contributed by atoms with van der Waals surface area (Å²) >= 11 is 0. The maximum Gasteiger partial charge on any atom is 0.274 e. The van der Waals surface area contributed by atoms with E-state index in [0.717, 1.165) is 22.1 Å². The molecule has 0 atom stereocenters. The van der Waals surface area contributed by atoms with E-state index < -0.39 is 0 Å². The maximum absolute atomic E-state index is 12.0. The van der Waals surface area contributed by atoms with Crippen molar-refractivity contribution in [3.8, 4) is 11.3 Å². The molecule has 86 valence electrons. The van der Waals surface area contributed by atoms with Crippen LogP contribution in [0.2, 0.25) is 0 Å². The Kier molecular flexibility index (Phi) is 2.48. The quantitative estimate of drug-likeness (QED) is 0.634. The van der Waals surface area contributed by atoms with Crippen molar-refractivity contribution >= 4 is 24.3 Å². The molecule has 1 aromatic heterocycles. The Balaban J connectivity index is 2.29. The van der Waals surface area contributed by atoms with E-state index in [2.05, 4.69) is 9.97 Å². The number of rotatable bonds is 1. The first-order chi connectivity index (χ1) is 8.74. The van der Waals surface area contributed by atoms with Crippen molar-refractivity contribution in [3.05, 3.63) is 58.9 Å². The van der Waals surface area contributed by atoms with Crippen LogP contribution in [-0.2, 0) is 0 Å². The summed E-state index contributed by atoms with van der Waals surface area (Å²) in [6.45, 7) is 0. The van der Waals surface area contributed by atoms with E-state index in [1.165, 1.54) is 0 Å². The van der Waals surface area contributed by atoms with Crippen LogP contribution in [0.15, 0.2) is 53.3 Å². The zero-order chi connectivity index (χ0) is 12.5. The highest BCUT2D eigenvalue weighted by molar-refractivity contribution is 6.32. The SMILES string of the molecule is Bc1cccc(-c2nc3ccccc3[nH]c2=O)c1. The Labute approximate surface area is 105 Å². The molecule has 3 nitrogen and oxygen atoms in total. The minimum atomic E-state index is -0.153. The van der Waals surface area contributed by atoms with Gasteiger partial charge in [0.05, 0.1) is 11.0 Å². The molecule has 0 spiro atoms. The molecule has 0 bridgehead atoms. The molecular formula is C14H11BN2O. The Morgan fingerprint density at radius 3 is 2.72 bits per heavy atom. The topological polar surface area (TPSA) is 45.8 Å². The molecule has 1 heterocycles. The zero-order valence-corrected chi connectivity index (χ0v) is 9.97. The van der Waals surface area contributed by atoms with Gasteiger partial charge < -0.3 is 4.98 Å². The van der Waals surface area contributed by atoms with Crippen molar-refractivity contribution in [2.75, 3.05) is 0 Å². The van der Waals surface area contributed by atoms with E-state index in [9.17, 15) is 4.79 Å². The summed E-state index contributed by atoms with van der Waals surface area (Å²) in [4.78, 5) is 19.3. The van der Waals surface area contributed by atoms with E-state index in [1.807, 2.05) is 56.4 Å². The third-order valence-corrected chi connectivity index (χ3v) is 2.89. The average Bonchev–Trinajstić information content (AvgIpc) is 2.38. The molecule has 4 heteroatoms. The van der Waals surface area contributed by atoms with Gasteiger partial charge in [0.1, 0.15) is 13.5 Å². The molecule has 0 amide bonds. The first-order valence-corrected chi connectivity index (χ1v) is 5.80. The Hall–Kier alpha value is -2.36. The normalized spacial score (nSPS) is 10.7. The van der Waals surface area contributed by atoms with Gasteiger partial charge in [0.15, 0.2) is 0 Å². The minimum absolute atomic E-state index is 0.153. The van der Waals surface area contributed by atoms with Gasteiger partial charge in [0.25, 0.3) is 5.56 Å². The van der Waals surface area contributed by atoms with Crippen molar-refractivity contribution in [1.82, 2.24) is 9.97 Å². The summed E-state index contributed by atoms with van der Waals surface area (Å²) in [5.41, 5.74) is 3.84. The van der Waals surface area contributed by atoms with Crippen LogP contribution in [0.3, 0.4) is 0 Å². The number of fused-ring (bicyclic) bond motifs is 1. The molecule has 0 radical (unpaired) electrons. The van der Waals surface area contributed by atoms with Crippen molar-refractivity contribution in [2.45, 2.75) is 0 Å². The average molecular weight is 234 g/mol. The van der Waals surface area contributed by atoms with Crippen molar-refractivity contribution in [1.29, 1.82) is 0 Å². The third kappa shape index (κ3) is 1.82. The fourth-order valence-electron chi connectivity index (χ4n) is 2.02. The largest absolute Gasteiger partial charge is 0.319 e. The van der Waals surface area contributed by atoms with Gasteiger partial charge in [0.2, 0.25) is 0 Å². The molecule has 18 heavy (non-hydrogen) atoms. The van der Waals surface area contributed by atoms with Crippen LogP contribution >= 0.6 is 0 Å². The highest BCUT2D eigenvalue weighted by Crippen LogP contribution is 2.14. The Morgan fingerprint density at radius 2 is 1.89 bits per heavy atom. The van der Waals surface area contributed by atoms with Gasteiger partial charge >= 0.3 is 0 Å². The number of aromatic nitrogens is 2. The fraction of sp³-hybridized carbons (Fsp3) is 0. The number of benzene rings is 2. The molecule has 0 aliphatic heterocycles. The van der Waals surface area contributed by atoms with Crippen molar-refractivity contribution in [2.24, 2.45) is 0 Å². The summed E-state index contributed by atoms with van der Waals surface area (Å²) in [5, 5.41) is 0. The summed E-state index contributed by atoms with van der Waals surface area (Å²) < 4.78 is 0. The Bertz CT molecular complexity index is 780. The third-order valence-electron chi connectivity index (χ3n) is 2.89. The van der Waals surface area contributed by atoms with Gasteiger partial charge in [-0.3, -0.25) is 4.79 Å². The predicted molar refractivity (Wildman–Crippen MR) is 76.0 cm³/mol. The highest BCUT2D eigenvalue weighted by atomic mass is 16.1. The molecule has 0 aliphatic carbocycles.